The molecule has 0 fully saturated rings. The van der Waals surface area contributed by atoms with Crippen molar-refractivity contribution in [1.29, 1.82) is 0 Å². The van der Waals surface area contributed by atoms with Crippen LogP contribution in [0.15, 0.2) is 63.8 Å². The highest BCUT2D eigenvalue weighted by molar-refractivity contribution is 5.76. The summed E-state index contributed by atoms with van der Waals surface area (Å²) in [7, 11) is 0. The summed E-state index contributed by atoms with van der Waals surface area (Å²) in [5.41, 5.74) is 2.63. The Labute approximate surface area is 152 Å². The van der Waals surface area contributed by atoms with Crippen molar-refractivity contribution in [3.63, 3.8) is 0 Å². The summed E-state index contributed by atoms with van der Waals surface area (Å²) in [6.07, 6.45) is 2.84. The van der Waals surface area contributed by atoms with Gasteiger partial charge in [0.15, 0.2) is 5.58 Å². The Morgan fingerprint density at radius 1 is 1.12 bits per heavy atom. The Bertz CT molecular complexity index is 912. The normalized spacial score (nSPS) is 12.2. The van der Waals surface area contributed by atoms with Gasteiger partial charge in [0.1, 0.15) is 0 Å². The summed E-state index contributed by atoms with van der Waals surface area (Å²) < 4.78 is 6.79. The largest absolute Gasteiger partial charge is 0.419 e. The van der Waals surface area contributed by atoms with E-state index >= 15 is 0 Å². The van der Waals surface area contributed by atoms with E-state index in [1.54, 1.807) is 10.6 Å². The fourth-order valence-electron chi connectivity index (χ4n) is 3.07. The number of aryl methyl sites for hydroxylation is 2. The van der Waals surface area contributed by atoms with Crippen molar-refractivity contribution in [2.75, 3.05) is 0 Å². The average molecular weight is 352 g/mol. The monoisotopic (exact) mass is 352 g/mol. The number of oxazole rings is 1. The van der Waals surface area contributed by atoms with Crippen LogP contribution in [0.25, 0.3) is 11.1 Å². The summed E-state index contributed by atoms with van der Waals surface area (Å²) in [5, 5.41) is 3.03. The lowest BCUT2D eigenvalue weighted by molar-refractivity contribution is -0.121. The van der Waals surface area contributed by atoms with E-state index < -0.39 is 0 Å². The third-order valence-electron chi connectivity index (χ3n) is 4.48. The molecule has 5 nitrogen and oxygen atoms in total. The Hall–Kier alpha value is -2.82. The van der Waals surface area contributed by atoms with Gasteiger partial charge in [0.05, 0.1) is 5.52 Å². The number of hydrogen-bond acceptors (Lipinski definition) is 3. The smallest absolute Gasteiger partial charge is 0.408 e. The number of para-hydroxylation sites is 2. The van der Waals surface area contributed by atoms with Crippen molar-refractivity contribution in [1.82, 2.24) is 9.88 Å². The van der Waals surface area contributed by atoms with Crippen LogP contribution in [0.2, 0.25) is 0 Å². The van der Waals surface area contributed by atoms with E-state index in [0.717, 1.165) is 18.4 Å². The highest BCUT2D eigenvalue weighted by Gasteiger charge is 2.10. The van der Waals surface area contributed by atoms with Gasteiger partial charge in [-0.1, -0.05) is 42.5 Å². The summed E-state index contributed by atoms with van der Waals surface area (Å²) >= 11 is 0. The molecule has 2 aromatic carbocycles. The van der Waals surface area contributed by atoms with E-state index in [0.29, 0.717) is 25.0 Å². The van der Waals surface area contributed by atoms with Gasteiger partial charge in [0.2, 0.25) is 5.91 Å². The Morgan fingerprint density at radius 2 is 1.85 bits per heavy atom. The van der Waals surface area contributed by atoms with E-state index in [-0.39, 0.29) is 17.7 Å². The molecular formula is C21H24N2O3. The van der Waals surface area contributed by atoms with Crippen molar-refractivity contribution in [3.8, 4) is 0 Å². The Balaban J connectivity index is 1.43. The molecule has 0 bridgehead atoms. The van der Waals surface area contributed by atoms with Crippen LogP contribution in [0, 0.1) is 0 Å². The lowest BCUT2D eigenvalue weighted by Crippen LogP contribution is -2.33. The van der Waals surface area contributed by atoms with Crippen molar-refractivity contribution < 1.29 is 9.21 Å². The number of aromatic nitrogens is 1. The van der Waals surface area contributed by atoms with Crippen LogP contribution in [0.1, 0.15) is 31.7 Å². The minimum atomic E-state index is -0.372. The number of carbonyl (C=O) groups is 1. The van der Waals surface area contributed by atoms with E-state index in [9.17, 15) is 9.59 Å². The summed E-state index contributed by atoms with van der Waals surface area (Å²) in [6.45, 7) is 2.50. The number of nitrogens with one attached hydrogen (secondary N) is 1. The first-order valence-corrected chi connectivity index (χ1v) is 9.05. The molecule has 0 spiro atoms. The SMILES string of the molecule is C[C@@H](CCc1ccccc1)NC(=O)CCCn1c(=O)oc2ccccc21. The van der Waals surface area contributed by atoms with Gasteiger partial charge in [0.25, 0.3) is 0 Å². The van der Waals surface area contributed by atoms with Gasteiger partial charge in [-0.15, -0.1) is 0 Å². The molecule has 0 saturated carbocycles. The zero-order valence-corrected chi connectivity index (χ0v) is 15.0. The van der Waals surface area contributed by atoms with E-state index in [1.165, 1.54) is 5.56 Å². The quantitative estimate of drug-likeness (QED) is 0.675. The van der Waals surface area contributed by atoms with Crippen molar-refractivity contribution in [2.45, 2.75) is 45.2 Å². The maximum Gasteiger partial charge on any atom is 0.419 e. The van der Waals surface area contributed by atoms with Crippen LogP contribution < -0.4 is 11.1 Å². The van der Waals surface area contributed by atoms with Gasteiger partial charge in [-0.05, 0) is 43.9 Å². The third kappa shape index (κ3) is 4.63. The number of carbonyl (C=O) groups excluding carboxylic acids is 1. The maximum atomic E-state index is 12.1. The number of nitrogens with zero attached hydrogens (tertiary/aromatic N) is 1. The fourth-order valence-corrected chi connectivity index (χ4v) is 3.07. The minimum Gasteiger partial charge on any atom is -0.408 e. The first-order chi connectivity index (χ1) is 12.6. The van der Waals surface area contributed by atoms with Gasteiger partial charge in [0, 0.05) is 19.0 Å². The minimum absolute atomic E-state index is 0.0198. The molecule has 0 aliphatic rings. The van der Waals surface area contributed by atoms with Gasteiger partial charge in [-0.3, -0.25) is 9.36 Å². The first-order valence-electron chi connectivity index (χ1n) is 9.05. The molecule has 5 heteroatoms. The van der Waals surface area contributed by atoms with Gasteiger partial charge in [-0.25, -0.2) is 4.79 Å². The molecule has 1 N–H and O–H groups in total. The molecule has 26 heavy (non-hydrogen) atoms. The third-order valence-corrected chi connectivity index (χ3v) is 4.48. The molecule has 0 aliphatic heterocycles. The van der Waals surface area contributed by atoms with E-state index in [2.05, 4.69) is 17.4 Å². The number of benzene rings is 2. The highest BCUT2D eigenvalue weighted by Crippen LogP contribution is 2.12. The van der Waals surface area contributed by atoms with Crippen molar-refractivity contribution in [2.24, 2.45) is 0 Å². The number of hydrogen-bond donors (Lipinski definition) is 1. The van der Waals surface area contributed by atoms with E-state index in [4.69, 9.17) is 4.42 Å². The number of amides is 1. The highest BCUT2D eigenvalue weighted by atomic mass is 16.4. The number of fused-ring (bicyclic) bond motifs is 1. The molecule has 1 amide bonds. The molecule has 3 rings (SSSR count). The lowest BCUT2D eigenvalue weighted by atomic mass is 10.1. The predicted octanol–water partition coefficient (Wildman–Crippen LogP) is 3.51. The summed E-state index contributed by atoms with van der Waals surface area (Å²) in [5.74, 6) is -0.353. The van der Waals surface area contributed by atoms with Crippen molar-refractivity contribution >= 4 is 17.0 Å². The summed E-state index contributed by atoms with van der Waals surface area (Å²) in [6, 6.07) is 17.7. The van der Waals surface area contributed by atoms with Crippen LogP contribution in [0.3, 0.4) is 0 Å². The van der Waals surface area contributed by atoms with Crippen LogP contribution >= 0.6 is 0 Å². The molecule has 1 heterocycles. The van der Waals surface area contributed by atoms with Gasteiger partial charge in [-0.2, -0.15) is 0 Å². The maximum absolute atomic E-state index is 12.1. The molecular weight excluding hydrogens is 328 g/mol. The van der Waals surface area contributed by atoms with Gasteiger partial charge >= 0.3 is 5.76 Å². The zero-order chi connectivity index (χ0) is 18.4. The van der Waals surface area contributed by atoms with Gasteiger partial charge < -0.3 is 9.73 Å². The zero-order valence-electron chi connectivity index (χ0n) is 15.0. The molecule has 0 unspecified atom stereocenters. The average Bonchev–Trinajstić information content (AvgIpc) is 2.96. The molecule has 136 valence electrons. The Morgan fingerprint density at radius 3 is 2.65 bits per heavy atom. The number of rotatable bonds is 8. The second kappa shape index (κ2) is 8.52. The fraction of sp³-hybridized carbons (Fsp3) is 0.333. The molecule has 0 radical (unpaired) electrons. The molecule has 1 atom stereocenters. The molecule has 1 aromatic heterocycles. The summed E-state index contributed by atoms with van der Waals surface area (Å²) in [4.78, 5) is 24.0. The van der Waals surface area contributed by atoms with Crippen LogP contribution in [-0.4, -0.2) is 16.5 Å². The van der Waals surface area contributed by atoms with Crippen LogP contribution in [-0.2, 0) is 17.8 Å². The molecule has 3 aromatic rings. The second-order valence-electron chi connectivity index (χ2n) is 6.58. The van der Waals surface area contributed by atoms with Crippen molar-refractivity contribution in [3.05, 3.63) is 70.7 Å². The standard InChI is InChI=1S/C21H24N2O3/c1-16(13-14-17-8-3-2-4-9-17)22-20(24)12-7-15-23-18-10-5-6-11-19(18)26-21(23)25/h2-6,8-11,16H,7,12-15H2,1H3,(H,22,24)/t16-/m0/s1. The van der Waals surface area contributed by atoms with Crippen LogP contribution in [0.5, 0.6) is 0 Å². The Kier molecular flexibility index (Phi) is 5.89. The molecule has 0 aliphatic carbocycles. The second-order valence-corrected chi connectivity index (χ2v) is 6.58. The van der Waals surface area contributed by atoms with Crippen LogP contribution in [0.4, 0.5) is 0 Å². The van der Waals surface area contributed by atoms with E-state index in [1.807, 2.05) is 43.3 Å². The first kappa shape index (κ1) is 18.0. The predicted molar refractivity (Wildman–Crippen MR) is 102 cm³/mol. The lowest BCUT2D eigenvalue weighted by Gasteiger charge is -2.14. The topological polar surface area (TPSA) is 64.2 Å². The molecule has 0 saturated heterocycles.